The van der Waals surface area contributed by atoms with Crippen LogP contribution in [0.3, 0.4) is 0 Å². The molecule has 0 spiro atoms. The van der Waals surface area contributed by atoms with Crippen LogP contribution >= 0.6 is 11.3 Å². The minimum Gasteiger partial charge on any atom is -0.459 e. The molecule has 2 aliphatic rings. The van der Waals surface area contributed by atoms with Crippen LogP contribution in [0.15, 0.2) is 47.3 Å². The molecule has 162 valence electrons. The molecule has 0 bridgehead atoms. The highest BCUT2D eigenvalue weighted by Crippen LogP contribution is 2.41. The third-order valence-corrected chi connectivity index (χ3v) is 7.50. The van der Waals surface area contributed by atoms with Crippen molar-refractivity contribution >= 4 is 33.3 Å². The van der Waals surface area contributed by atoms with Crippen molar-refractivity contribution in [3.8, 4) is 11.4 Å². The van der Waals surface area contributed by atoms with Crippen molar-refractivity contribution in [3.05, 3.63) is 59.1 Å². The van der Waals surface area contributed by atoms with E-state index in [1.165, 1.54) is 28.7 Å². The van der Waals surface area contributed by atoms with Crippen LogP contribution in [-0.2, 0) is 12.8 Å². The van der Waals surface area contributed by atoms with Gasteiger partial charge in [0.25, 0.3) is 5.91 Å². The van der Waals surface area contributed by atoms with Crippen molar-refractivity contribution in [1.29, 1.82) is 0 Å². The molecule has 0 N–H and O–H groups in total. The standard InChI is InChI=1S/C24H23N5O2S/c30-24(18-7-4-14-31-18)29-12-10-28(11-13-29)22-20-17-6-1-2-8-19(17)32-23(20)27-21(26-22)16-5-3-9-25-15-16/h3-5,7,9,14-15H,1-2,6,8,10-13H2. The quantitative estimate of drug-likeness (QED) is 0.471. The van der Waals surface area contributed by atoms with Crippen LogP contribution in [0.1, 0.15) is 33.8 Å². The third-order valence-electron chi connectivity index (χ3n) is 6.31. The summed E-state index contributed by atoms with van der Waals surface area (Å²) < 4.78 is 5.30. The number of nitrogens with zero attached hydrogens (tertiary/aromatic N) is 5. The van der Waals surface area contributed by atoms with Crippen LogP contribution in [-0.4, -0.2) is 51.9 Å². The number of furan rings is 1. The molecule has 7 nitrogen and oxygen atoms in total. The first-order valence-electron chi connectivity index (χ1n) is 11.1. The fourth-order valence-corrected chi connectivity index (χ4v) is 5.92. The molecule has 1 saturated heterocycles. The second-order valence-electron chi connectivity index (χ2n) is 8.26. The van der Waals surface area contributed by atoms with Crippen molar-refractivity contribution in [2.75, 3.05) is 31.1 Å². The summed E-state index contributed by atoms with van der Waals surface area (Å²) in [6.45, 7) is 2.74. The Balaban J connectivity index is 1.37. The van der Waals surface area contributed by atoms with Gasteiger partial charge in [-0.15, -0.1) is 11.3 Å². The average Bonchev–Trinajstić information content (AvgIpc) is 3.52. The largest absolute Gasteiger partial charge is 0.459 e. The highest BCUT2D eigenvalue weighted by atomic mass is 32.1. The van der Waals surface area contributed by atoms with Crippen LogP contribution in [0.5, 0.6) is 0 Å². The number of carbonyl (C=O) groups excluding carboxylic acids is 1. The van der Waals surface area contributed by atoms with E-state index in [1.54, 1.807) is 24.6 Å². The number of amides is 1. The molecule has 1 amide bonds. The Labute approximate surface area is 189 Å². The monoisotopic (exact) mass is 445 g/mol. The molecule has 0 unspecified atom stereocenters. The topological polar surface area (TPSA) is 75.4 Å². The lowest BCUT2D eigenvalue weighted by Crippen LogP contribution is -2.49. The zero-order valence-electron chi connectivity index (χ0n) is 17.7. The number of aryl methyl sites for hydroxylation is 2. The van der Waals surface area contributed by atoms with Crippen LogP contribution in [0.4, 0.5) is 5.82 Å². The van der Waals surface area contributed by atoms with E-state index in [1.807, 2.05) is 34.6 Å². The lowest BCUT2D eigenvalue weighted by atomic mass is 9.96. The summed E-state index contributed by atoms with van der Waals surface area (Å²) in [5, 5.41) is 1.21. The summed E-state index contributed by atoms with van der Waals surface area (Å²) in [6, 6.07) is 7.40. The molecule has 1 aliphatic heterocycles. The molecule has 4 aromatic heterocycles. The van der Waals surface area contributed by atoms with Gasteiger partial charge in [-0.25, -0.2) is 9.97 Å². The summed E-state index contributed by atoms with van der Waals surface area (Å²) in [5.74, 6) is 2.06. The Morgan fingerprint density at radius 2 is 1.91 bits per heavy atom. The van der Waals surface area contributed by atoms with Crippen molar-refractivity contribution in [2.45, 2.75) is 25.7 Å². The van der Waals surface area contributed by atoms with Gasteiger partial charge in [-0.3, -0.25) is 9.78 Å². The van der Waals surface area contributed by atoms with Gasteiger partial charge in [-0.2, -0.15) is 0 Å². The van der Waals surface area contributed by atoms with E-state index < -0.39 is 0 Å². The molecule has 1 aliphatic carbocycles. The van der Waals surface area contributed by atoms with Gasteiger partial charge in [-0.05, 0) is 55.5 Å². The molecule has 0 atom stereocenters. The highest BCUT2D eigenvalue weighted by molar-refractivity contribution is 7.19. The number of anilines is 1. The zero-order chi connectivity index (χ0) is 21.5. The van der Waals surface area contributed by atoms with Gasteiger partial charge in [0.1, 0.15) is 10.6 Å². The SMILES string of the molecule is O=C(c1ccco1)N1CCN(c2nc(-c3cccnc3)nc3sc4c(c23)CCCC4)CC1. The Kier molecular flexibility index (Phi) is 4.87. The number of thiophene rings is 1. The normalized spacial score (nSPS) is 16.4. The Hall–Kier alpha value is -3.26. The average molecular weight is 446 g/mol. The third kappa shape index (κ3) is 3.35. The number of fused-ring (bicyclic) bond motifs is 3. The highest BCUT2D eigenvalue weighted by Gasteiger charge is 2.28. The Morgan fingerprint density at radius 1 is 1.03 bits per heavy atom. The van der Waals surface area contributed by atoms with E-state index in [4.69, 9.17) is 14.4 Å². The van der Waals surface area contributed by atoms with Gasteiger partial charge in [0, 0.05) is 49.0 Å². The molecule has 1 fully saturated rings. The number of piperazine rings is 1. The predicted molar refractivity (Wildman–Crippen MR) is 124 cm³/mol. The minimum atomic E-state index is -0.0496. The molecule has 8 heteroatoms. The summed E-state index contributed by atoms with van der Waals surface area (Å²) in [6.07, 6.45) is 9.80. The minimum absolute atomic E-state index is 0.0496. The summed E-state index contributed by atoms with van der Waals surface area (Å²) >= 11 is 1.82. The number of rotatable bonds is 3. The van der Waals surface area contributed by atoms with Gasteiger partial charge in [0.15, 0.2) is 11.6 Å². The molecule has 4 aromatic rings. The maximum atomic E-state index is 12.7. The lowest BCUT2D eigenvalue weighted by molar-refractivity contribution is 0.0714. The molecule has 0 radical (unpaired) electrons. The van der Waals surface area contributed by atoms with Gasteiger partial charge < -0.3 is 14.2 Å². The van der Waals surface area contributed by atoms with E-state index in [0.717, 1.165) is 42.1 Å². The van der Waals surface area contributed by atoms with E-state index in [9.17, 15) is 4.79 Å². The van der Waals surface area contributed by atoms with Crippen LogP contribution in [0.2, 0.25) is 0 Å². The molecule has 32 heavy (non-hydrogen) atoms. The van der Waals surface area contributed by atoms with E-state index in [2.05, 4.69) is 9.88 Å². The Morgan fingerprint density at radius 3 is 2.69 bits per heavy atom. The van der Waals surface area contributed by atoms with Crippen LogP contribution < -0.4 is 4.90 Å². The molecular formula is C24H23N5O2S. The van der Waals surface area contributed by atoms with Crippen molar-refractivity contribution < 1.29 is 9.21 Å². The number of hydrogen-bond donors (Lipinski definition) is 0. The van der Waals surface area contributed by atoms with E-state index in [0.29, 0.717) is 24.7 Å². The smallest absolute Gasteiger partial charge is 0.289 e. The fourth-order valence-electron chi connectivity index (χ4n) is 4.67. The summed E-state index contributed by atoms with van der Waals surface area (Å²) in [5.41, 5.74) is 2.35. The van der Waals surface area contributed by atoms with Crippen LogP contribution in [0.25, 0.3) is 21.6 Å². The molecule has 6 rings (SSSR count). The molecule has 0 aromatic carbocycles. The maximum absolute atomic E-state index is 12.7. The fraction of sp³-hybridized carbons (Fsp3) is 0.333. The van der Waals surface area contributed by atoms with Gasteiger partial charge in [-0.1, -0.05) is 0 Å². The number of hydrogen-bond acceptors (Lipinski definition) is 7. The lowest BCUT2D eigenvalue weighted by Gasteiger charge is -2.35. The van der Waals surface area contributed by atoms with E-state index in [-0.39, 0.29) is 5.91 Å². The van der Waals surface area contributed by atoms with E-state index >= 15 is 0 Å². The van der Waals surface area contributed by atoms with Crippen molar-refractivity contribution in [2.24, 2.45) is 0 Å². The number of aromatic nitrogens is 3. The predicted octanol–water partition coefficient (Wildman–Crippen LogP) is 4.19. The summed E-state index contributed by atoms with van der Waals surface area (Å²) in [4.78, 5) is 33.6. The zero-order valence-corrected chi connectivity index (χ0v) is 18.5. The first-order valence-corrected chi connectivity index (χ1v) is 11.9. The maximum Gasteiger partial charge on any atom is 0.289 e. The second kappa shape index (κ2) is 8.02. The summed E-state index contributed by atoms with van der Waals surface area (Å²) in [7, 11) is 0. The molecule has 0 saturated carbocycles. The first kappa shape index (κ1) is 19.4. The second-order valence-corrected chi connectivity index (χ2v) is 9.34. The van der Waals surface area contributed by atoms with Crippen LogP contribution in [0, 0.1) is 0 Å². The number of carbonyl (C=O) groups is 1. The Bertz CT molecular complexity index is 1260. The van der Waals surface area contributed by atoms with Gasteiger partial charge in [0.05, 0.1) is 11.6 Å². The van der Waals surface area contributed by atoms with Crippen molar-refractivity contribution in [1.82, 2.24) is 19.9 Å². The first-order chi connectivity index (χ1) is 15.8. The van der Waals surface area contributed by atoms with Crippen molar-refractivity contribution in [3.63, 3.8) is 0 Å². The molecular weight excluding hydrogens is 422 g/mol. The number of pyridine rings is 1. The van der Waals surface area contributed by atoms with Gasteiger partial charge >= 0.3 is 0 Å². The van der Waals surface area contributed by atoms with Gasteiger partial charge in [0.2, 0.25) is 0 Å². The molecule has 5 heterocycles.